The molecule has 10 heavy (non-hydrogen) atoms. The highest BCUT2D eigenvalue weighted by Crippen LogP contribution is 2.74. The zero-order valence-corrected chi connectivity index (χ0v) is 6.30. The van der Waals surface area contributed by atoms with Crippen LogP contribution in [-0.4, -0.2) is 12.1 Å². The van der Waals surface area contributed by atoms with E-state index in [2.05, 4.69) is 12.2 Å². The van der Waals surface area contributed by atoms with Crippen LogP contribution in [0.2, 0.25) is 0 Å². The third kappa shape index (κ3) is 0.282. The van der Waals surface area contributed by atoms with E-state index in [1.165, 1.54) is 0 Å². The third-order valence-corrected chi connectivity index (χ3v) is 4.64. The Bertz CT molecular complexity index is 225. The summed E-state index contributed by atoms with van der Waals surface area (Å²) in [6.07, 6.45) is 3.11. The molecule has 2 bridgehead atoms. The zero-order chi connectivity index (χ0) is 6.51. The van der Waals surface area contributed by atoms with Gasteiger partial charge in [-0.15, -0.1) is 0 Å². The van der Waals surface area contributed by atoms with Crippen molar-refractivity contribution >= 4 is 0 Å². The van der Waals surface area contributed by atoms with Gasteiger partial charge in [0, 0.05) is 12.1 Å². The maximum Gasteiger partial charge on any atom is 0.0159 e. The first-order valence-electron chi connectivity index (χ1n) is 4.57. The van der Waals surface area contributed by atoms with Crippen molar-refractivity contribution in [1.29, 1.82) is 0 Å². The molecule has 2 heterocycles. The standard InChI is InChI=1S/C9H13N/c1-9-3-6(9)7-4-2-5(4)8(9)10-7/h4-8,10H,2-3H2,1H3/t4?,5?,6-,7+,8?,9+/m1/s1. The summed E-state index contributed by atoms with van der Waals surface area (Å²) in [6.45, 7) is 2.49. The summed E-state index contributed by atoms with van der Waals surface area (Å²) >= 11 is 0. The highest BCUT2D eigenvalue weighted by atomic mass is 15.2. The van der Waals surface area contributed by atoms with Crippen molar-refractivity contribution in [3.8, 4) is 0 Å². The average molecular weight is 135 g/mol. The number of fused-ring (bicyclic) bond motifs is 8. The van der Waals surface area contributed by atoms with Crippen molar-refractivity contribution in [3.05, 3.63) is 0 Å². The molecule has 2 aliphatic carbocycles. The second-order valence-corrected chi connectivity index (χ2v) is 5.05. The van der Waals surface area contributed by atoms with Crippen LogP contribution in [0.5, 0.6) is 0 Å². The molecule has 6 atom stereocenters. The summed E-state index contributed by atoms with van der Waals surface area (Å²) in [5.41, 5.74) is 0.780. The first-order valence-corrected chi connectivity index (χ1v) is 4.57. The molecular weight excluding hydrogens is 122 g/mol. The Morgan fingerprint density at radius 1 is 1.40 bits per heavy atom. The Morgan fingerprint density at radius 2 is 2.30 bits per heavy atom. The van der Waals surface area contributed by atoms with Gasteiger partial charge < -0.3 is 5.32 Å². The van der Waals surface area contributed by atoms with Gasteiger partial charge in [0.2, 0.25) is 0 Å². The van der Waals surface area contributed by atoms with Crippen LogP contribution in [0.3, 0.4) is 0 Å². The van der Waals surface area contributed by atoms with Crippen molar-refractivity contribution in [3.63, 3.8) is 0 Å². The van der Waals surface area contributed by atoms with Crippen LogP contribution in [-0.2, 0) is 0 Å². The fourth-order valence-corrected chi connectivity index (χ4v) is 3.89. The topological polar surface area (TPSA) is 12.0 Å². The molecule has 1 N–H and O–H groups in total. The summed E-state index contributed by atoms with van der Waals surface area (Å²) in [5.74, 6) is 3.35. The van der Waals surface area contributed by atoms with E-state index in [0.29, 0.717) is 0 Å². The maximum atomic E-state index is 3.77. The second kappa shape index (κ2) is 0.989. The molecule has 0 aromatic rings. The molecule has 0 amide bonds. The number of piperidine rings is 2. The van der Waals surface area contributed by atoms with Gasteiger partial charge in [-0.05, 0) is 36.0 Å². The molecule has 4 fully saturated rings. The van der Waals surface area contributed by atoms with Gasteiger partial charge in [0.25, 0.3) is 0 Å². The van der Waals surface area contributed by atoms with E-state index in [-0.39, 0.29) is 0 Å². The molecule has 2 saturated carbocycles. The Balaban J connectivity index is 1.90. The van der Waals surface area contributed by atoms with Crippen molar-refractivity contribution in [2.45, 2.75) is 31.8 Å². The molecular formula is C9H13N. The molecule has 2 aliphatic heterocycles. The molecule has 54 valence electrons. The molecule has 0 radical (unpaired) electrons. The highest BCUT2D eigenvalue weighted by Gasteiger charge is 2.76. The van der Waals surface area contributed by atoms with Crippen LogP contribution < -0.4 is 5.32 Å². The minimum absolute atomic E-state index is 0.780. The Hall–Kier alpha value is -0.0400. The second-order valence-electron chi connectivity index (χ2n) is 5.05. The third-order valence-electron chi connectivity index (χ3n) is 4.64. The maximum absolute atomic E-state index is 3.77. The predicted octanol–water partition coefficient (Wildman–Crippen LogP) is 1.00. The van der Waals surface area contributed by atoms with E-state index in [4.69, 9.17) is 0 Å². The van der Waals surface area contributed by atoms with Crippen LogP contribution in [0.15, 0.2) is 0 Å². The van der Waals surface area contributed by atoms with Gasteiger partial charge in [-0.2, -0.15) is 0 Å². The molecule has 3 unspecified atom stereocenters. The average Bonchev–Trinajstić information content (AvgIpc) is 2.76. The van der Waals surface area contributed by atoms with Gasteiger partial charge in [-0.3, -0.25) is 0 Å². The molecule has 0 spiro atoms. The Labute approximate surface area is 61.2 Å². The highest BCUT2D eigenvalue weighted by molar-refractivity contribution is 5.30. The first kappa shape index (κ1) is 4.76. The van der Waals surface area contributed by atoms with Crippen LogP contribution in [0.4, 0.5) is 0 Å². The molecule has 4 rings (SSSR count). The molecule has 1 nitrogen and oxygen atoms in total. The van der Waals surface area contributed by atoms with Gasteiger partial charge in [0.1, 0.15) is 0 Å². The van der Waals surface area contributed by atoms with E-state index >= 15 is 0 Å². The van der Waals surface area contributed by atoms with Crippen molar-refractivity contribution in [2.24, 2.45) is 23.2 Å². The largest absolute Gasteiger partial charge is 0.310 e. The van der Waals surface area contributed by atoms with Gasteiger partial charge in [-0.1, -0.05) is 6.92 Å². The van der Waals surface area contributed by atoms with Crippen LogP contribution in [0.1, 0.15) is 19.8 Å². The van der Waals surface area contributed by atoms with E-state index in [1.807, 2.05) is 0 Å². The lowest BCUT2D eigenvalue weighted by atomic mass is 9.90. The van der Waals surface area contributed by atoms with Crippen LogP contribution >= 0.6 is 0 Å². The number of rotatable bonds is 0. The van der Waals surface area contributed by atoms with Crippen molar-refractivity contribution < 1.29 is 0 Å². The number of hydrogen-bond donors (Lipinski definition) is 1. The van der Waals surface area contributed by atoms with Gasteiger partial charge in [0.05, 0.1) is 0 Å². The van der Waals surface area contributed by atoms with Gasteiger partial charge >= 0.3 is 0 Å². The van der Waals surface area contributed by atoms with Crippen molar-refractivity contribution in [2.75, 3.05) is 0 Å². The van der Waals surface area contributed by atoms with Gasteiger partial charge in [-0.25, -0.2) is 0 Å². The summed E-state index contributed by atoms with van der Waals surface area (Å²) < 4.78 is 0. The lowest BCUT2D eigenvalue weighted by Gasteiger charge is -2.16. The SMILES string of the molecule is C[C@]12C[C@@H]1[C@H]1NC2C2CC21. The van der Waals surface area contributed by atoms with E-state index < -0.39 is 0 Å². The monoisotopic (exact) mass is 135 g/mol. The summed E-state index contributed by atoms with van der Waals surface area (Å²) in [6, 6.07) is 1.92. The van der Waals surface area contributed by atoms with Gasteiger partial charge in [0.15, 0.2) is 0 Å². The smallest absolute Gasteiger partial charge is 0.0159 e. The fraction of sp³-hybridized carbons (Fsp3) is 1.00. The number of hydrogen-bond acceptors (Lipinski definition) is 1. The van der Waals surface area contributed by atoms with E-state index in [0.717, 1.165) is 35.3 Å². The lowest BCUT2D eigenvalue weighted by molar-refractivity contribution is 0.383. The summed E-state index contributed by atoms with van der Waals surface area (Å²) in [7, 11) is 0. The zero-order valence-electron chi connectivity index (χ0n) is 6.30. The quantitative estimate of drug-likeness (QED) is 0.522. The Morgan fingerprint density at radius 3 is 3.00 bits per heavy atom. The fourth-order valence-electron chi connectivity index (χ4n) is 3.89. The first-order chi connectivity index (χ1) is 4.81. The number of nitrogens with one attached hydrogen (secondary N) is 1. The summed E-state index contributed by atoms with van der Waals surface area (Å²) in [5, 5.41) is 3.77. The van der Waals surface area contributed by atoms with Crippen LogP contribution in [0, 0.1) is 23.2 Å². The summed E-state index contributed by atoms with van der Waals surface area (Å²) in [4.78, 5) is 0. The van der Waals surface area contributed by atoms with Crippen LogP contribution in [0.25, 0.3) is 0 Å². The minimum Gasteiger partial charge on any atom is -0.310 e. The van der Waals surface area contributed by atoms with Crippen molar-refractivity contribution in [1.82, 2.24) is 5.32 Å². The predicted molar refractivity (Wildman–Crippen MR) is 38.5 cm³/mol. The molecule has 0 aromatic heterocycles. The molecule has 4 aliphatic rings. The molecule has 0 aromatic carbocycles. The normalized spacial score (nSPS) is 80.7. The molecule has 1 heteroatoms. The Kier molecular flexibility index (Phi) is 0.471. The van der Waals surface area contributed by atoms with E-state index in [1.54, 1.807) is 12.8 Å². The molecule has 2 saturated heterocycles. The minimum atomic E-state index is 0.780. The van der Waals surface area contributed by atoms with E-state index in [9.17, 15) is 0 Å². The lowest BCUT2D eigenvalue weighted by Crippen LogP contribution is -2.31.